The van der Waals surface area contributed by atoms with Crippen LogP contribution < -0.4 is 14.4 Å². The molecule has 1 N–H and O–H groups in total. The van der Waals surface area contributed by atoms with Crippen molar-refractivity contribution in [3.63, 3.8) is 0 Å². The summed E-state index contributed by atoms with van der Waals surface area (Å²) in [5.41, 5.74) is 2.22. The zero-order chi connectivity index (χ0) is 24.0. The van der Waals surface area contributed by atoms with Gasteiger partial charge in [0.25, 0.3) is 10.0 Å². The van der Waals surface area contributed by atoms with Crippen molar-refractivity contribution in [3.8, 4) is 5.75 Å². The Morgan fingerprint density at radius 3 is 2.15 bits per heavy atom. The number of ether oxygens (including phenoxy) is 1. The lowest BCUT2D eigenvalue weighted by Gasteiger charge is -2.26. The van der Waals surface area contributed by atoms with Gasteiger partial charge in [0.2, 0.25) is 5.91 Å². The van der Waals surface area contributed by atoms with Gasteiger partial charge in [-0.25, -0.2) is 12.8 Å². The lowest BCUT2D eigenvalue weighted by molar-refractivity contribution is -0.120. The highest BCUT2D eigenvalue weighted by Gasteiger charge is 2.28. The van der Waals surface area contributed by atoms with Crippen LogP contribution in [0.25, 0.3) is 0 Å². The number of nitrogens with zero attached hydrogens (tertiary/aromatic N) is 1. The number of amides is 1. The van der Waals surface area contributed by atoms with Crippen molar-refractivity contribution >= 4 is 21.6 Å². The fourth-order valence-electron chi connectivity index (χ4n) is 3.39. The Morgan fingerprint density at radius 2 is 1.61 bits per heavy atom. The highest BCUT2D eigenvalue weighted by atomic mass is 32.2. The number of anilines is 1. The van der Waals surface area contributed by atoms with Crippen molar-refractivity contribution in [2.45, 2.75) is 31.2 Å². The van der Waals surface area contributed by atoms with Gasteiger partial charge in [-0.2, -0.15) is 0 Å². The highest BCUT2D eigenvalue weighted by molar-refractivity contribution is 7.92. The number of hydrogen-bond donors (Lipinski definition) is 1. The average molecular weight is 471 g/mol. The van der Waals surface area contributed by atoms with Crippen molar-refractivity contribution < 1.29 is 22.3 Å². The van der Waals surface area contributed by atoms with E-state index in [0.717, 1.165) is 27.6 Å². The summed E-state index contributed by atoms with van der Waals surface area (Å²) in [6, 6.07) is 18.4. The number of rotatable bonds is 9. The first kappa shape index (κ1) is 24.3. The number of sulfonamides is 1. The lowest BCUT2D eigenvalue weighted by atomic mass is 10.0. The summed E-state index contributed by atoms with van der Waals surface area (Å²) in [4.78, 5) is 13.0. The normalized spacial score (nSPS) is 12.1. The van der Waals surface area contributed by atoms with E-state index in [4.69, 9.17) is 4.74 Å². The zero-order valence-electron chi connectivity index (χ0n) is 18.8. The van der Waals surface area contributed by atoms with Crippen molar-refractivity contribution in [2.75, 3.05) is 18.0 Å². The summed E-state index contributed by atoms with van der Waals surface area (Å²) in [5, 5.41) is 2.92. The molecule has 6 nitrogen and oxygen atoms in total. The predicted molar refractivity (Wildman–Crippen MR) is 126 cm³/mol. The van der Waals surface area contributed by atoms with Crippen LogP contribution in [0.5, 0.6) is 5.75 Å². The molecule has 0 heterocycles. The second-order valence-corrected chi connectivity index (χ2v) is 9.46. The van der Waals surface area contributed by atoms with Gasteiger partial charge in [0.05, 0.1) is 23.7 Å². The van der Waals surface area contributed by atoms with Gasteiger partial charge in [-0.1, -0.05) is 36.8 Å². The van der Waals surface area contributed by atoms with E-state index in [2.05, 4.69) is 5.32 Å². The Bertz CT molecular complexity index is 1180. The topological polar surface area (TPSA) is 75.7 Å². The summed E-state index contributed by atoms with van der Waals surface area (Å²) in [5.74, 6) is -0.469. The molecule has 0 fully saturated rings. The first-order chi connectivity index (χ1) is 15.7. The molecule has 3 rings (SSSR count). The van der Waals surface area contributed by atoms with Crippen LogP contribution >= 0.6 is 0 Å². The van der Waals surface area contributed by atoms with E-state index in [1.54, 1.807) is 0 Å². The van der Waals surface area contributed by atoms with Gasteiger partial charge in [-0.15, -0.1) is 0 Å². The molecule has 1 amide bonds. The fourth-order valence-corrected chi connectivity index (χ4v) is 4.81. The molecule has 0 aliphatic carbocycles. The van der Waals surface area contributed by atoms with Crippen LogP contribution in [-0.4, -0.2) is 28.0 Å². The van der Waals surface area contributed by atoms with E-state index in [-0.39, 0.29) is 16.6 Å². The lowest BCUT2D eigenvalue weighted by Crippen LogP contribution is -2.42. The van der Waals surface area contributed by atoms with Crippen LogP contribution in [0.3, 0.4) is 0 Å². The third kappa shape index (κ3) is 5.90. The van der Waals surface area contributed by atoms with Crippen LogP contribution in [-0.2, 0) is 14.8 Å². The smallest absolute Gasteiger partial charge is 0.264 e. The molecule has 0 aliphatic heterocycles. The van der Waals surface area contributed by atoms with Gasteiger partial charge in [0.15, 0.2) is 0 Å². The van der Waals surface area contributed by atoms with E-state index in [0.29, 0.717) is 12.2 Å². The summed E-state index contributed by atoms with van der Waals surface area (Å²) < 4.78 is 46.4. The molecule has 3 aromatic rings. The van der Waals surface area contributed by atoms with Crippen molar-refractivity contribution in [1.82, 2.24) is 5.32 Å². The SMILES string of the molecule is CC[C@@H](NC(=O)CN(c1ccc(F)cc1)S(=O)(=O)c1ccc(OC)cc1)c1ccc(C)cc1. The number of carbonyl (C=O) groups is 1. The van der Waals surface area contributed by atoms with Gasteiger partial charge in [0.1, 0.15) is 18.1 Å². The summed E-state index contributed by atoms with van der Waals surface area (Å²) >= 11 is 0. The maximum Gasteiger partial charge on any atom is 0.264 e. The van der Waals surface area contributed by atoms with Gasteiger partial charge in [-0.05, 0) is 67.4 Å². The van der Waals surface area contributed by atoms with E-state index >= 15 is 0 Å². The Kier molecular flexibility index (Phi) is 7.71. The maximum atomic E-state index is 13.5. The van der Waals surface area contributed by atoms with Gasteiger partial charge >= 0.3 is 0 Å². The van der Waals surface area contributed by atoms with Crippen molar-refractivity contribution in [1.29, 1.82) is 0 Å². The minimum atomic E-state index is -4.11. The van der Waals surface area contributed by atoms with Crippen LogP contribution in [0, 0.1) is 12.7 Å². The van der Waals surface area contributed by atoms with Crippen LogP contribution in [0.2, 0.25) is 0 Å². The van der Waals surface area contributed by atoms with Crippen LogP contribution in [0.15, 0.2) is 77.7 Å². The van der Waals surface area contributed by atoms with E-state index in [1.807, 2.05) is 38.1 Å². The number of benzene rings is 3. The van der Waals surface area contributed by atoms with Gasteiger partial charge in [-0.3, -0.25) is 9.10 Å². The number of halogens is 1. The molecule has 0 saturated heterocycles. The molecule has 1 atom stereocenters. The molecule has 0 unspecified atom stereocenters. The number of nitrogens with one attached hydrogen (secondary N) is 1. The minimum absolute atomic E-state index is 0.00833. The summed E-state index contributed by atoms with van der Waals surface area (Å²) in [6.07, 6.45) is 0.635. The zero-order valence-corrected chi connectivity index (χ0v) is 19.6. The molecule has 0 aromatic heterocycles. The molecule has 3 aromatic carbocycles. The van der Waals surface area contributed by atoms with Crippen LogP contribution in [0.4, 0.5) is 10.1 Å². The predicted octanol–water partition coefficient (Wildman–Crippen LogP) is 4.61. The van der Waals surface area contributed by atoms with Crippen molar-refractivity contribution in [2.24, 2.45) is 0 Å². The molecular weight excluding hydrogens is 443 g/mol. The second kappa shape index (κ2) is 10.5. The number of methoxy groups -OCH3 is 1. The number of aryl methyl sites for hydroxylation is 1. The summed E-state index contributed by atoms with van der Waals surface area (Å²) in [7, 11) is -2.62. The standard InChI is InChI=1S/C25H27FN2O4S/c1-4-24(19-7-5-18(2)6-8-19)27-25(29)17-28(21-11-9-20(26)10-12-21)33(30,31)23-15-13-22(32-3)14-16-23/h5-16,24H,4,17H2,1-3H3,(H,27,29)/t24-/m1/s1. The molecule has 0 saturated carbocycles. The molecule has 33 heavy (non-hydrogen) atoms. The molecule has 0 radical (unpaired) electrons. The number of carbonyl (C=O) groups excluding carboxylic acids is 1. The third-order valence-electron chi connectivity index (χ3n) is 5.27. The van der Waals surface area contributed by atoms with Crippen molar-refractivity contribution in [3.05, 3.63) is 89.7 Å². The van der Waals surface area contributed by atoms with E-state index in [9.17, 15) is 17.6 Å². The molecule has 0 bridgehead atoms. The summed E-state index contributed by atoms with van der Waals surface area (Å²) in [6.45, 7) is 3.47. The largest absolute Gasteiger partial charge is 0.497 e. The quantitative estimate of drug-likeness (QED) is 0.496. The Labute approximate surface area is 194 Å². The van der Waals surface area contributed by atoms with Gasteiger partial charge < -0.3 is 10.1 Å². The Hall–Kier alpha value is -3.39. The average Bonchev–Trinajstić information content (AvgIpc) is 2.82. The first-order valence-corrected chi connectivity index (χ1v) is 12.0. The molecule has 0 spiro atoms. The Balaban J connectivity index is 1.89. The Morgan fingerprint density at radius 1 is 1.00 bits per heavy atom. The molecule has 174 valence electrons. The molecule has 0 aliphatic rings. The fraction of sp³-hybridized carbons (Fsp3) is 0.240. The maximum absolute atomic E-state index is 13.5. The number of hydrogen-bond acceptors (Lipinski definition) is 4. The van der Waals surface area contributed by atoms with Gasteiger partial charge in [0, 0.05) is 0 Å². The monoisotopic (exact) mass is 470 g/mol. The first-order valence-electron chi connectivity index (χ1n) is 10.5. The minimum Gasteiger partial charge on any atom is -0.497 e. The van der Waals surface area contributed by atoms with E-state index < -0.39 is 28.3 Å². The molecule has 8 heteroatoms. The third-order valence-corrected chi connectivity index (χ3v) is 7.06. The second-order valence-electron chi connectivity index (χ2n) is 7.60. The van der Waals surface area contributed by atoms with Crippen LogP contribution in [0.1, 0.15) is 30.5 Å². The van der Waals surface area contributed by atoms with E-state index in [1.165, 1.54) is 43.5 Å². The molecular formula is C25H27FN2O4S. The highest BCUT2D eigenvalue weighted by Crippen LogP contribution is 2.26.